The third-order valence-electron chi connectivity index (χ3n) is 6.92. The molecule has 3 N–H and O–H groups in total. The van der Waals surface area contributed by atoms with E-state index < -0.39 is 0 Å². The van der Waals surface area contributed by atoms with Gasteiger partial charge in [0.1, 0.15) is 0 Å². The molecule has 3 aliphatic rings. The van der Waals surface area contributed by atoms with Crippen molar-refractivity contribution in [3.63, 3.8) is 0 Å². The number of nitrogens with zero attached hydrogens (tertiary/aromatic N) is 1. The number of amides is 1. The largest absolute Gasteiger partial charge is 0.327 e. The number of carbonyl (C=O) groups excluding carboxylic acids is 1. The van der Waals surface area contributed by atoms with E-state index in [1.165, 1.54) is 50.8 Å². The summed E-state index contributed by atoms with van der Waals surface area (Å²) in [5.41, 5.74) is 8.64. The van der Waals surface area contributed by atoms with E-state index >= 15 is 0 Å². The van der Waals surface area contributed by atoms with Crippen molar-refractivity contribution >= 4 is 11.6 Å². The molecule has 2 aliphatic carbocycles. The second-order valence-electron chi connectivity index (χ2n) is 8.68. The molecule has 0 spiro atoms. The van der Waals surface area contributed by atoms with E-state index in [-0.39, 0.29) is 11.8 Å². The smallest absolute Gasteiger partial charge is 0.227 e. The van der Waals surface area contributed by atoms with Gasteiger partial charge in [0.2, 0.25) is 5.91 Å². The van der Waals surface area contributed by atoms with Crippen LogP contribution in [0.4, 0.5) is 5.69 Å². The second kappa shape index (κ2) is 8.10. The first kappa shape index (κ1) is 18.0. The van der Waals surface area contributed by atoms with Crippen molar-refractivity contribution in [2.45, 2.75) is 57.4 Å². The molecule has 142 valence electrons. The molecule has 4 rings (SSSR count). The zero-order chi connectivity index (χ0) is 17.9. The van der Waals surface area contributed by atoms with Crippen LogP contribution in [0.5, 0.6) is 0 Å². The monoisotopic (exact) mass is 355 g/mol. The Labute approximate surface area is 157 Å². The molecule has 2 atom stereocenters. The summed E-state index contributed by atoms with van der Waals surface area (Å²) in [6.45, 7) is 3.65. The normalized spacial score (nSPS) is 31.7. The number of nitrogens with two attached hydrogens (primary N) is 1. The van der Waals surface area contributed by atoms with Gasteiger partial charge in [0.25, 0.3) is 0 Å². The Bertz CT molecular complexity index is 594. The molecule has 0 aromatic heterocycles. The number of rotatable bonds is 5. The third kappa shape index (κ3) is 4.12. The van der Waals surface area contributed by atoms with Crippen molar-refractivity contribution < 1.29 is 4.79 Å². The highest BCUT2D eigenvalue weighted by atomic mass is 16.1. The van der Waals surface area contributed by atoms with Crippen LogP contribution in [0.1, 0.15) is 50.5 Å². The standard InChI is InChI=1S/C22H33N3O/c23-21-17-4-3-5-18(21)15-19(14-17)22(26)24-20-8-6-16(7-9-20)10-13-25-11-1-2-12-25/h6-9,17-19,21H,1-5,10-15,23H2,(H,24,26). The maximum absolute atomic E-state index is 12.7. The highest BCUT2D eigenvalue weighted by Gasteiger charge is 2.40. The molecule has 1 amide bonds. The zero-order valence-corrected chi connectivity index (χ0v) is 15.8. The van der Waals surface area contributed by atoms with Gasteiger partial charge in [-0.15, -0.1) is 0 Å². The van der Waals surface area contributed by atoms with Crippen LogP contribution in [0.15, 0.2) is 24.3 Å². The van der Waals surface area contributed by atoms with Crippen molar-refractivity contribution in [3.05, 3.63) is 29.8 Å². The number of nitrogens with one attached hydrogen (secondary N) is 1. The van der Waals surface area contributed by atoms with E-state index in [0.29, 0.717) is 17.9 Å². The fraction of sp³-hybridized carbons (Fsp3) is 0.682. The second-order valence-corrected chi connectivity index (χ2v) is 8.68. The van der Waals surface area contributed by atoms with Crippen LogP contribution in [-0.4, -0.2) is 36.5 Å². The average Bonchev–Trinajstić information content (AvgIpc) is 3.14. The van der Waals surface area contributed by atoms with Crippen molar-refractivity contribution in [1.82, 2.24) is 4.90 Å². The molecule has 26 heavy (non-hydrogen) atoms. The van der Waals surface area contributed by atoms with Gasteiger partial charge in [-0.2, -0.15) is 0 Å². The number of hydrogen-bond acceptors (Lipinski definition) is 3. The van der Waals surface area contributed by atoms with Crippen molar-refractivity contribution in [3.8, 4) is 0 Å². The molecule has 3 fully saturated rings. The number of carbonyl (C=O) groups is 1. The molecular weight excluding hydrogens is 322 g/mol. The van der Waals surface area contributed by atoms with Crippen molar-refractivity contribution in [1.29, 1.82) is 0 Å². The summed E-state index contributed by atoms with van der Waals surface area (Å²) >= 11 is 0. The molecule has 2 unspecified atom stereocenters. The van der Waals surface area contributed by atoms with E-state index in [2.05, 4.69) is 34.5 Å². The number of likely N-dealkylation sites (tertiary alicyclic amines) is 1. The van der Waals surface area contributed by atoms with Gasteiger partial charge < -0.3 is 16.0 Å². The zero-order valence-electron chi connectivity index (χ0n) is 15.8. The maximum atomic E-state index is 12.7. The summed E-state index contributed by atoms with van der Waals surface area (Å²) in [5, 5.41) is 3.15. The molecule has 4 heteroatoms. The van der Waals surface area contributed by atoms with E-state index in [9.17, 15) is 4.79 Å². The van der Waals surface area contributed by atoms with Gasteiger partial charge in [0, 0.05) is 24.2 Å². The highest BCUT2D eigenvalue weighted by Crippen LogP contribution is 2.42. The Kier molecular flexibility index (Phi) is 5.60. The number of fused-ring (bicyclic) bond motifs is 2. The summed E-state index contributed by atoms with van der Waals surface area (Å²) in [7, 11) is 0. The van der Waals surface area contributed by atoms with Crippen molar-refractivity contribution in [2.24, 2.45) is 23.5 Å². The number of hydrogen-bond donors (Lipinski definition) is 2. The van der Waals surface area contributed by atoms with Crippen LogP contribution in [0, 0.1) is 17.8 Å². The van der Waals surface area contributed by atoms with Crippen LogP contribution in [0.3, 0.4) is 0 Å². The van der Waals surface area contributed by atoms with Gasteiger partial charge in [-0.05, 0) is 87.6 Å². The lowest BCUT2D eigenvalue weighted by atomic mass is 9.65. The Morgan fingerprint density at radius 1 is 1.04 bits per heavy atom. The first-order valence-electron chi connectivity index (χ1n) is 10.6. The lowest BCUT2D eigenvalue weighted by Crippen LogP contribution is -2.48. The Morgan fingerprint density at radius 2 is 1.69 bits per heavy atom. The molecular formula is C22H33N3O. The van der Waals surface area contributed by atoms with Crippen LogP contribution in [0.25, 0.3) is 0 Å². The van der Waals surface area contributed by atoms with Gasteiger partial charge in [-0.1, -0.05) is 18.6 Å². The molecule has 2 bridgehead atoms. The van der Waals surface area contributed by atoms with Gasteiger partial charge in [-0.3, -0.25) is 4.79 Å². The minimum atomic E-state index is 0.139. The Morgan fingerprint density at radius 3 is 2.35 bits per heavy atom. The Hall–Kier alpha value is -1.39. The van der Waals surface area contributed by atoms with E-state index in [1.807, 2.05) is 0 Å². The van der Waals surface area contributed by atoms with Gasteiger partial charge >= 0.3 is 0 Å². The quantitative estimate of drug-likeness (QED) is 0.851. The molecule has 0 radical (unpaired) electrons. The van der Waals surface area contributed by atoms with Crippen LogP contribution in [0.2, 0.25) is 0 Å². The molecule has 1 heterocycles. The third-order valence-corrected chi connectivity index (χ3v) is 6.92. The topological polar surface area (TPSA) is 58.4 Å². The average molecular weight is 356 g/mol. The van der Waals surface area contributed by atoms with Gasteiger partial charge in [0.05, 0.1) is 0 Å². The summed E-state index contributed by atoms with van der Waals surface area (Å²) in [6.07, 6.45) is 9.42. The minimum absolute atomic E-state index is 0.139. The predicted octanol–water partition coefficient (Wildman–Crippen LogP) is 3.42. The summed E-state index contributed by atoms with van der Waals surface area (Å²) in [5.74, 6) is 1.43. The van der Waals surface area contributed by atoms with Gasteiger partial charge in [0.15, 0.2) is 0 Å². The van der Waals surface area contributed by atoms with E-state index in [1.54, 1.807) is 0 Å². The van der Waals surface area contributed by atoms with Crippen LogP contribution >= 0.6 is 0 Å². The highest BCUT2D eigenvalue weighted by molar-refractivity contribution is 5.92. The molecule has 1 aliphatic heterocycles. The molecule has 4 nitrogen and oxygen atoms in total. The first-order chi connectivity index (χ1) is 12.7. The summed E-state index contributed by atoms with van der Waals surface area (Å²) in [6, 6.07) is 8.77. The number of benzene rings is 1. The molecule has 2 saturated carbocycles. The van der Waals surface area contributed by atoms with E-state index in [4.69, 9.17) is 5.73 Å². The van der Waals surface area contributed by atoms with Gasteiger partial charge in [-0.25, -0.2) is 0 Å². The minimum Gasteiger partial charge on any atom is -0.327 e. The van der Waals surface area contributed by atoms with Crippen LogP contribution in [-0.2, 0) is 11.2 Å². The molecule has 1 saturated heterocycles. The summed E-state index contributed by atoms with van der Waals surface area (Å²) < 4.78 is 0. The summed E-state index contributed by atoms with van der Waals surface area (Å²) in [4.78, 5) is 15.3. The molecule has 1 aromatic carbocycles. The van der Waals surface area contributed by atoms with Crippen molar-refractivity contribution in [2.75, 3.05) is 25.0 Å². The lowest BCUT2D eigenvalue weighted by molar-refractivity contribution is -0.122. The number of anilines is 1. The predicted molar refractivity (Wildman–Crippen MR) is 106 cm³/mol. The lowest BCUT2D eigenvalue weighted by Gasteiger charge is -2.43. The molecule has 1 aromatic rings. The fourth-order valence-corrected chi connectivity index (χ4v) is 5.30. The first-order valence-corrected chi connectivity index (χ1v) is 10.6. The Balaban J connectivity index is 1.28. The van der Waals surface area contributed by atoms with E-state index in [0.717, 1.165) is 31.5 Å². The van der Waals surface area contributed by atoms with Crippen LogP contribution < -0.4 is 11.1 Å². The fourth-order valence-electron chi connectivity index (χ4n) is 5.30. The maximum Gasteiger partial charge on any atom is 0.227 e. The SMILES string of the molecule is NC1C2CCCC1CC(C(=O)Nc1ccc(CCN3CCCC3)cc1)C2.